The maximum absolute atomic E-state index is 12.9. The second kappa shape index (κ2) is 6.64. The maximum Gasteiger partial charge on any atom is 0.305 e. The summed E-state index contributed by atoms with van der Waals surface area (Å²) >= 11 is 0. The van der Waals surface area contributed by atoms with Crippen LogP contribution in [0.15, 0.2) is 60.9 Å². The number of hydrogen-bond acceptors (Lipinski definition) is 6. The largest absolute Gasteiger partial charge is 0.371 e. The fraction of sp³-hybridized carbons (Fsp3) is 0.0909. The van der Waals surface area contributed by atoms with Gasteiger partial charge in [0.15, 0.2) is 5.82 Å². The van der Waals surface area contributed by atoms with Gasteiger partial charge in [0.25, 0.3) is 0 Å². The van der Waals surface area contributed by atoms with Gasteiger partial charge in [0.2, 0.25) is 0 Å². The lowest BCUT2D eigenvalue weighted by molar-refractivity contribution is 0.0894. The number of H-pyrrole nitrogens is 2. The number of fused-ring (bicyclic) bond motifs is 3. The van der Waals surface area contributed by atoms with Crippen LogP contribution in [0, 0.1) is 0 Å². The second-order valence-electron chi connectivity index (χ2n) is 7.43. The van der Waals surface area contributed by atoms with Crippen molar-refractivity contribution in [2.24, 2.45) is 0 Å². The predicted octanol–water partition coefficient (Wildman–Crippen LogP) is 2.53. The Morgan fingerprint density at radius 1 is 1.13 bits per heavy atom. The van der Waals surface area contributed by atoms with Crippen molar-refractivity contribution >= 4 is 33.5 Å². The van der Waals surface area contributed by atoms with Gasteiger partial charge >= 0.3 is 5.91 Å². The first kappa shape index (κ1) is 17.6. The van der Waals surface area contributed by atoms with Gasteiger partial charge in [0, 0.05) is 29.8 Å². The minimum Gasteiger partial charge on any atom is -0.371 e. The van der Waals surface area contributed by atoms with Crippen LogP contribution in [0.1, 0.15) is 16.2 Å². The minimum absolute atomic E-state index is 0.164. The van der Waals surface area contributed by atoms with Gasteiger partial charge in [-0.15, -0.1) is 0 Å². The van der Waals surface area contributed by atoms with Crippen molar-refractivity contribution in [1.82, 2.24) is 30.6 Å². The molecule has 0 spiro atoms. The summed E-state index contributed by atoms with van der Waals surface area (Å²) in [5.74, 6) is -0.263. The molecule has 0 radical (unpaired) electrons. The smallest absolute Gasteiger partial charge is 0.305 e. The zero-order valence-electron chi connectivity index (χ0n) is 16.2. The van der Waals surface area contributed by atoms with Crippen LogP contribution >= 0.6 is 0 Å². The van der Waals surface area contributed by atoms with Gasteiger partial charge in [-0.05, 0) is 35.9 Å². The number of aromatic nitrogens is 5. The van der Waals surface area contributed by atoms with Crippen LogP contribution in [0.2, 0.25) is 0 Å². The van der Waals surface area contributed by atoms with Crippen molar-refractivity contribution in [3.8, 4) is 11.3 Å². The first-order valence-electron chi connectivity index (χ1n) is 9.82. The summed E-state index contributed by atoms with van der Waals surface area (Å²) in [6.45, 7) is 0. The molecule has 9 heteroatoms. The van der Waals surface area contributed by atoms with Crippen molar-refractivity contribution in [1.29, 1.82) is 0 Å². The molecular formula is C22H17N7O2. The third-order valence-electron chi connectivity index (χ3n) is 5.51. The van der Waals surface area contributed by atoms with Crippen LogP contribution in [0.5, 0.6) is 0 Å². The number of amides is 1. The van der Waals surface area contributed by atoms with Crippen molar-refractivity contribution in [2.75, 3.05) is 5.01 Å². The fourth-order valence-electron chi connectivity index (χ4n) is 4.02. The fourth-order valence-corrected chi connectivity index (χ4v) is 4.02. The normalized spacial score (nSPS) is 15.5. The molecule has 152 valence electrons. The molecule has 1 aliphatic heterocycles. The van der Waals surface area contributed by atoms with Crippen LogP contribution in [0.25, 0.3) is 33.2 Å². The van der Waals surface area contributed by atoms with Crippen LogP contribution in [-0.4, -0.2) is 42.4 Å². The summed E-state index contributed by atoms with van der Waals surface area (Å²) < 4.78 is 0. The molecule has 1 aliphatic rings. The number of carbonyl (C=O) groups is 1. The average Bonchev–Trinajstić information content (AvgIpc) is 3.48. The Kier molecular flexibility index (Phi) is 3.77. The number of rotatable bonds is 3. The van der Waals surface area contributed by atoms with E-state index in [-0.39, 0.29) is 5.82 Å². The predicted molar refractivity (Wildman–Crippen MR) is 115 cm³/mol. The number of hydrogen-bond donors (Lipinski definition) is 4. The number of hydrazine groups is 1. The van der Waals surface area contributed by atoms with Crippen LogP contribution < -0.4 is 10.4 Å². The number of benzene rings is 2. The highest BCUT2D eigenvalue weighted by molar-refractivity contribution is 6.02. The zero-order chi connectivity index (χ0) is 20.9. The summed E-state index contributed by atoms with van der Waals surface area (Å²) in [6.07, 6.45) is 3.07. The molecule has 3 aromatic heterocycles. The zero-order valence-corrected chi connectivity index (χ0v) is 16.2. The van der Waals surface area contributed by atoms with E-state index in [0.717, 1.165) is 33.4 Å². The number of nitrogens with one attached hydrogen (secondary N) is 3. The average molecular weight is 411 g/mol. The maximum atomic E-state index is 12.9. The molecule has 2 aromatic carbocycles. The summed E-state index contributed by atoms with van der Waals surface area (Å²) in [6, 6.07) is 15.1. The van der Waals surface area contributed by atoms with Crippen LogP contribution in [0.3, 0.4) is 0 Å². The molecule has 4 N–H and O–H groups in total. The number of aliphatic hydroxyl groups is 1. The molecule has 0 saturated carbocycles. The van der Waals surface area contributed by atoms with E-state index in [4.69, 9.17) is 0 Å². The highest BCUT2D eigenvalue weighted by atomic mass is 16.3. The molecule has 6 rings (SSSR count). The minimum atomic E-state index is -0.821. The number of para-hydroxylation sites is 1. The first-order valence-corrected chi connectivity index (χ1v) is 9.82. The summed E-state index contributed by atoms with van der Waals surface area (Å²) in [4.78, 5) is 24.4. The highest BCUT2D eigenvalue weighted by Crippen LogP contribution is 2.30. The van der Waals surface area contributed by atoms with E-state index in [2.05, 4.69) is 30.6 Å². The number of aliphatic hydroxyl groups excluding tert-OH is 1. The molecule has 1 atom stereocenters. The van der Waals surface area contributed by atoms with Gasteiger partial charge in [-0.1, -0.05) is 18.2 Å². The first-order chi connectivity index (χ1) is 15.2. The van der Waals surface area contributed by atoms with Gasteiger partial charge in [-0.25, -0.2) is 4.98 Å². The molecule has 5 aromatic rings. The molecule has 0 saturated heterocycles. The molecule has 9 nitrogen and oxygen atoms in total. The molecule has 0 unspecified atom stereocenters. The molecule has 1 amide bonds. The molecule has 31 heavy (non-hydrogen) atoms. The van der Waals surface area contributed by atoms with E-state index in [1.54, 1.807) is 12.4 Å². The molecule has 0 aliphatic carbocycles. The van der Waals surface area contributed by atoms with Gasteiger partial charge in [-0.2, -0.15) is 5.10 Å². The second-order valence-corrected chi connectivity index (χ2v) is 7.43. The van der Waals surface area contributed by atoms with Gasteiger partial charge in [0.05, 0.1) is 22.2 Å². The number of anilines is 1. The third kappa shape index (κ3) is 2.82. The van der Waals surface area contributed by atoms with E-state index >= 15 is 0 Å². The quantitative estimate of drug-likeness (QED) is 0.362. The highest BCUT2D eigenvalue weighted by Gasteiger charge is 2.29. The van der Waals surface area contributed by atoms with E-state index in [1.165, 1.54) is 5.01 Å². The van der Waals surface area contributed by atoms with E-state index < -0.39 is 12.1 Å². The summed E-state index contributed by atoms with van der Waals surface area (Å²) in [7, 11) is 0. The SMILES string of the molecule is O=C(NN1c2ccccc2C[C@@H]1O)c1nc2cc3c(-c4ccncc4)n[nH]c3cc2[nH]1. The number of nitrogens with zero attached hydrogens (tertiary/aromatic N) is 4. The van der Waals surface area contributed by atoms with Crippen molar-refractivity contribution < 1.29 is 9.90 Å². The van der Waals surface area contributed by atoms with Gasteiger partial charge in [0.1, 0.15) is 11.9 Å². The number of imidazole rings is 1. The Morgan fingerprint density at radius 3 is 2.84 bits per heavy atom. The van der Waals surface area contributed by atoms with E-state index in [1.807, 2.05) is 48.5 Å². The Bertz CT molecular complexity index is 1440. The standard InChI is InChI=1S/C22H17N7O2/c30-19-9-13-3-1-2-4-18(13)29(19)28-22(31)21-24-16-10-14-15(11-17(16)25-21)26-27-20(14)12-5-7-23-8-6-12/h1-8,10-11,19,30H,9H2,(H,24,25)(H,26,27)(H,28,31)/t19-/m0/s1. The molecule has 4 heterocycles. The lowest BCUT2D eigenvalue weighted by atomic mass is 10.1. The molecular weight excluding hydrogens is 394 g/mol. The van der Waals surface area contributed by atoms with Crippen molar-refractivity contribution in [2.45, 2.75) is 12.6 Å². The Morgan fingerprint density at radius 2 is 1.97 bits per heavy atom. The monoisotopic (exact) mass is 411 g/mol. The number of carbonyl (C=O) groups excluding carboxylic acids is 1. The molecule has 0 fully saturated rings. The number of aromatic amines is 2. The van der Waals surface area contributed by atoms with Gasteiger partial charge < -0.3 is 10.1 Å². The Hall–Kier alpha value is -4.24. The van der Waals surface area contributed by atoms with Crippen molar-refractivity contribution in [3.05, 3.63) is 72.3 Å². The topological polar surface area (TPSA) is 123 Å². The van der Waals surface area contributed by atoms with Crippen molar-refractivity contribution in [3.63, 3.8) is 0 Å². The van der Waals surface area contributed by atoms with Gasteiger partial charge in [-0.3, -0.25) is 25.3 Å². The lowest BCUT2D eigenvalue weighted by Crippen LogP contribution is -2.47. The summed E-state index contributed by atoms with van der Waals surface area (Å²) in [5, 5.41) is 20.2. The van der Waals surface area contributed by atoms with E-state index in [0.29, 0.717) is 17.5 Å². The van der Waals surface area contributed by atoms with Crippen LogP contribution in [0.4, 0.5) is 5.69 Å². The van der Waals surface area contributed by atoms with Crippen LogP contribution in [-0.2, 0) is 6.42 Å². The number of pyridine rings is 1. The van der Waals surface area contributed by atoms with E-state index in [9.17, 15) is 9.90 Å². The summed E-state index contributed by atoms with van der Waals surface area (Å²) in [5.41, 5.74) is 8.45. The Balaban J connectivity index is 1.34. The Labute approximate surface area is 175 Å². The molecule has 0 bridgehead atoms. The lowest BCUT2D eigenvalue weighted by Gasteiger charge is -2.23. The third-order valence-corrected chi connectivity index (χ3v) is 5.51.